The van der Waals surface area contributed by atoms with Gasteiger partial charge in [-0.05, 0) is 32.0 Å². The molecule has 0 amide bonds. The lowest BCUT2D eigenvalue weighted by atomic mass is 10.2. The molecule has 1 aromatic carbocycles. The Bertz CT molecular complexity index is 684. The van der Waals surface area contributed by atoms with Crippen molar-refractivity contribution in [3.8, 4) is 0 Å². The molecule has 140 valence electrons. The van der Waals surface area contributed by atoms with Crippen molar-refractivity contribution in [1.29, 1.82) is 0 Å². The molecule has 0 atom stereocenters. The molecule has 0 radical (unpaired) electrons. The summed E-state index contributed by atoms with van der Waals surface area (Å²) in [6.45, 7) is 3.92. The molecule has 0 bridgehead atoms. The Hall–Kier alpha value is -1.58. The van der Waals surface area contributed by atoms with Crippen LogP contribution in [0.2, 0.25) is 0 Å². The molecule has 0 unspecified atom stereocenters. The van der Waals surface area contributed by atoms with Gasteiger partial charge in [0.2, 0.25) is 10.0 Å². The Morgan fingerprint density at radius 2 is 1.76 bits per heavy atom. The SMILES string of the molecule is CCOC(=O)CCCN1CCN(S(=O)(=O)c2c(F)cccc2F)CC1. The molecular weight excluding hydrogens is 354 g/mol. The highest BCUT2D eigenvalue weighted by Crippen LogP contribution is 2.23. The monoisotopic (exact) mass is 376 g/mol. The molecule has 1 fully saturated rings. The van der Waals surface area contributed by atoms with Gasteiger partial charge in [0, 0.05) is 32.6 Å². The molecule has 1 aliphatic rings. The van der Waals surface area contributed by atoms with E-state index in [0.717, 1.165) is 22.5 Å². The molecule has 1 heterocycles. The second-order valence-corrected chi connectivity index (χ2v) is 7.58. The lowest BCUT2D eigenvalue weighted by Gasteiger charge is -2.34. The number of halogens is 2. The Balaban J connectivity index is 1.90. The maximum atomic E-state index is 13.8. The predicted octanol–water partition coefficient (Wildman–Crippen LogP) is 1.61. The molecule has 1 aromatic rings. The molecule has 0 saturated carbocycles. The van der Waals surface area contributed by atoms with Gasteiger partial charge < -0.3 is 9.64 Å². The van der Waals surface area contributed by atoms with Crippen LogP contribution in [-0.4, -0.2) is 62.9 Å². The highest BCUT2D eigenvalue weighted by molar-refractivity contribution is 7.89. The Kier molecular flexibility index (Phi) is 6.86. The minimum atomic E-state index is -4.21. The average molecular weight is 376 g/mol. The highest BCUT2D eigenvalue weighted by atomic mass is 32.2. The number of benzene rings is 1. The van der Waals surface area contributed by atoms with E-state index in [1.165, 1.54) is 0 Å². The molecule has 2 rings (SSSR count). The molecule has 9 heteroatoms. The van der Waals surface area contributed by atoms with Crippen LogP contribution in [0.1, 0.15) is 19.8 Å². The van der Waals surface area contributed by atoms with Crippen molar-refractivity contribution in [2.24, 2.45) is 0 Å². The number of piperazine rings is 1. The third-order valence-corrected chi connectivity index (χ3v) is 5.96. The van der Waals surface area contributed by atoms with Crippen molar-refractivity contribution < 1.29 is 26.7 Å². The number of nitrogens with zero attached hydrogens (tertiary/aromatic N) is 2. The molecular formula is C16H22F2N2O4S. The lowest BCUT2D eigenvalue weighted by Crippen LogP contribution is -2.49. The molecule has 0 aromatic heterocycles. The third-order valence-electron chi connectivity index (χ3n) is 4.01. The molecule has 25 heavy (non-hydrogen) atoms. The lowest BCUT2D eigenvalue weighted by molar-refractivity contribution is -0.143. The predicted molar refractivity (Wildman–Crippen MR) is 87.4 cm³/mol. The third kappa shape index (κ3) is 4.96. The maximum absolute atomic E-state index is 13.8. The minimum Gasteiger partial charge on any atom is -0.466 e. The van der Waals surface area contributed by atoms with E-state index in [4.69, 9.17) is 4.74 Å². The van der Waals surface area contributed by atoms with Crippen LogP contribution in [0, 0.1) is 11.6 Å². The van der Waals surface area contributed by atoms with E-state index in [0.29, 0.717) is 39.1 Å². The number of hydrogen-bond acceptors (Lipinski definition) is 5. The van der Waals surface area contributed by atoms with E-state index >= 15 is 0 Å². The van der Waals surface area contributed by atoms with Crippen LogP contribution in [0.5, 0.6) is 0 Å². The van der Waals surface area contributed by atoms with Crippen LogP contribution in [0.3, 0.4) is 0 Å². The summed E-state index contributed by atoms with van der Waals surface area (Å²) >= 11 is 0. The summed E-state index contributed by atoms with van der Waals surface area (Å²) in [5.41, 5.74) is 0. The highest BCUT2D eigenvalue weighted by Gasteiger charge is 2.32. The zero-order valence-electron chi connectivity index (χ0n) is 14.1. The number of rotatable bonds is 7. The Labute approximate surface area is 146 Å². The van der Waals surface area contributed by atoms with E-state index in [2.05, 4.69) is 0 Å². The van der Waals surface area contributed by atoms with E-state index in [1.54, 1.807) is 6.92 Å². The molecule has 0 aliphatic carbocycles. The van der Waals surface area contributed by atoms with E-state index in [-0.39, 0.29) is 19.1 Å². The summed E-state index contributed by atoms with van der Waals surface area (Å²) in [7, 11) is -4.21. The van der Waals surface area contributed by atoms with E-state index in [9.17, 15) is 22.0 Å². The van der Waals surface area contributed by atoms with E-state index in [1.807, 2.05) is 4.90 Å². The summed E-state index contributed by atoms with van der Waals surface area (Å²) in [5.74, 6) is -2.42. The van der Waals surface area contributed by atoms with Gasteiger partial charge in [-0.3, -0.25) is 4.79 Å². The second kappa shape index (κ2) is 8.68. The fraction of sp³-hybridized carbons (Fsp3) is 0.562. The Morgan fingerprint density at radius 1 is 1.16 bits per heavy atom. The molecule has 6 nitrogen and oxygen atoms in total. The first kappa shape index (κ1) is 19.7. The second-order valence-electron chi connectivity index (χ2n) is 5.71. The number of sulfonamides is 1. The van der Waals surface area contributed by atoms with Crippen molar-refractivity contribution >= 4 is 16.0 Å². The van der Waals surface area contributed by atoms with Crippen molar-refractivity contribution in [2.45, 2.75) is 24.7 Å². The number of esters is 1. The van der Waals surface area contributed by atoms with Crippen LogP contribution < -0.4 is 0 Å². The van der Waals surface area contributed by atoms with E-state index < -0.39 is 26.6 Å². The first-order valence-electron chi connectivity index (χ1n) is 8.18. The summed E-state index contributed by atoms with van der Waals surface area (Å²) in [6, 6.07) is 2.99. The van der Waals surface area contributed by atoms with Gasteiger partial charge in [-0.2, -0.15) is 4.31 Å². The largest absolute Gasteiger partial charge is 0.466 e. The van der Waals surface area contributed by atoms with Gasteiger partial charge in [-0.25, -0.2) is 17.2 Å². The van der Waals surface area contributed by atoms with Crippen LogP contribution in [0.15, 0.2) is 23.1 Å². The molecule has 0 spiro atoms. The number of hydrogen-bond donors (Lipinski definition) is 0. The van der Waals surface area contributed by atoms with Gasteiger partial charge in [-0.1, -0.05) is 6.07 Å². The number of ether oxygens (including phenoxy) is 1. The molecule has 0 N–H and O–H groups in total. The van der Waals surface area contributed by atoms with Crippen molar-refractivity contribution in [3.05, 3.63) is 29.8 Å². The van der Waals surface area contributed by atoms with Gasteiger partial charge in [0.1, 0.15) is 11.6 Å². The van der Waals surface area contributed by atoms with Crippen molar-refractivity contribution in [3.63, 3.8) is 0 Å². The smallest absolute Gasteiger partial charge is 0.305 e. The maximum Gasteiger partial charge on any atom is 0.305 e. The zero-order valence-corrected chi connectivity index (χ0v) is 14.9. The standard InChI is InChI=1S/C16H22F2N2O4S/c1-2-24-15(21)7-4-8-19-9-11-20(12-10-19)25(22,23)16-13(17)5-3-6-14(16)18/h3,5-6H,2,4,7-12H2,1H3. The van der Waals surface area contributed by atoms with Crippen LogP contribution >= 0.6 is 0 Å². The van der Waals surface area contributed by atoms with Gasteiger partial charge in [0.15, 0.2) is 4.90 Å². The normalized spacial score (nSPS) is 16.8. The van der Waals surface area contributed by atoms with Crippen molar-refractivity contribution in [1.82, 2.24) is 9.21 Å². The summed E-state index contributed by atoms with van der Waals surface area (Å²) in [5, 5.41) is 0. The summed E-state index contributed by atoms with van der Waals surface area (Å²) in [6.07, 6.45) is 0.931. The fourth-order valence-corrected chi connectivity index (χ4v) is 4.26. The van der Waals surface area contributed by atoms with Crippen molar-refractivity contribution in [2.75, 3.05) is 39.3 Å². The first-order chi connectivity index (χ1) is 11.9. The number of carbonyl (C=O) groups excluding carboxylic acids is 1. The van der Waals surface area contributed by atoms with Crippen LogP contribution in [0.25, 0.3) is 0 Å². The average Bonchev–Trinajstić information content (AvgIpc) is 2.55. The van der Waals surface area contributed by atoms with Gasteiger partial charge in [0.05, 0.1) is 6.61 Å². The van der Waals surface area contributed by atoms with Crippen LogP contribution in [-0.2, 0) is 19.6 Å². The Morgan fingerprint density at radius 3 is 2.32 bits per heavy atom. The van der Waals surface area contributed by atoms with Gasteiger partial charge in [-0.15, -0.1) is 0 Å². The van der Waals surface area contributed by atoms with Gasteiger partial charge in [0.25, 0.3) is 0 Å². The number of carbonyl (C=O) groups is 1. The minimum absolute atomic E-state index is 0.148. The van der Waals surface area contributed by atoms with Gasteiger partial charge >= 0.3 is 5.97 Å². The summed E-state index contributed by atoms with van der Waals surface area (Å²) < 4.78 is 58.5. The quantitative estimate of drug-likeness (QED) is 0.677. The fourth-order valence-electron chi connectivity index (χ4n) is 2.73. The topological polar surface area (TPSA) is 66.9 Å². The van der Waals surface area contributed by atoms with Crippen LogP contribution in [0.4, 0.5) is 8.78 Å². The zero-order chi connectivity index (χ0) is 18.4. The molecule has 1 saturated heterocycles. The first-order valence-corrected chi connectivity index (χ1v) is 9.62. The summed E-state index contributed by atoms with van der Waals surface area (Å²) in [4.78, 5) is 12.4. The molecule has 1 aliphatic heterocycles.